The highest BCUT2D eigenvalue weighted by Crippen LogP contribution is 2.35. The molecule has 3 unspecified atom stereocenters. The molecular weight excluding hydrogens is 284 g/mol. The third-order valence-corrected chi connectivity index (χ3v) is 4.75. The number of hydrogen-bond donors (Lipinski definition) is 1. The van der Waals surface area contributed by atoms with Crippen LogP contribution in [0, 0.1) is 23.2 Å². The van der Waals surface area contributed by atoms with Crippen LogP contribution in [0.2, 0.25) is 0 Å². The smallest absolute Gasteiger partial charge is 0.105 e. The molecule has 0 spiro atoms. The Morgan fingerprint density at radius 1 is 1.43 bits per heavy atom. The molecule has 0 bridgehead atoms. The van der Waals surface area contributed by atoms with Gasteiger partial charge in [-0.05, 0) is 30.5 Å². The number of nitrogens with one attached hydrogen (secondary N) is 1. The molecule has 1 aromatic heterocycles. The van der Waals surface area contributed by atoms with Crippen molar-refractivity contribution in [1.82, 2.24) is 15.2 Å². The molecule has 2 aliphatic rings. The summed E-state index contributed by atoms with van der Waals surface area (Å²) in [4.78, 5) is 6.58. The zero-order valence-corrected chi connectivity index (χ0v) is 13.8. The minimum absolute atomic E-state index is 0.197. The number of rotatable bonds is 3. The molecule has 0 radical (unpaired) electrons. The molecule has 23 heavy (non-hydrogen) atoms. The quantitative estimate of drug-likeness (QED) is 0.931. The molecule has 1 N–H and O–H groups in total. The van der Waals surface area contributed by atoms with Crippen molar-refractivity contribution in [3.8, 4) is 6.07 Å². The fraction of sp³-hybridized carbons (Fsp3) is 0.368. The van der Waals surface area contributed by atoms with Gasteiger partial charge in [-0.3, -0.25) is 4.98 Å². The molecule has 1 aromatic rings. The van der Waals surface area contributed by atoms with E-state index >= 15 is 0 Å². The van der Waals surface area contributed by atoms with Crippen LogP contribution in [-0.2, 0) is 0 Å². The van der Waals surface area contributed by atoms with Gasteiger partial charge in [-0.1, -0.05) is 26.0 Å². The molecule has 2 heterocycles. The number of hydrogen-bond acceptors (Lipinski definition) is 4. The second kappa shape index (κ2) is 6.29. The first-order chi connectivity index (χ1) is 11.2. The number of pyridine rings is 1. The van der Waals surface area contributed by atoms with Gasteiger partial charge >= 0.3 is 0 Å². The van der Waals surface area contributed by atoms with E-state index < -0.39 is 0 Å². The molecule has 3 atom stereocenters. The van der Waals surface area contributed by atoms with Crippen molar-refractivity contribution in [2.45, 2.75) is 26.4 Å². The molecule has 4 heteroatoms. The van der Waals surface area contributed by atoms with Gasteiger partial charge in [-0.2, -0.15) is 5.26 Å². The molecular formula is C19H22N4. The van der Waals surface area contributed by atoms with E-state index in [2.05, 4.69) is 60.4 Å². The van der Waals surface area contributed by atoms with Crippen LogP contribution in [0.1, 0.15) is 25.8 Å². The van der Waals surface area contributed by atoms with Crippen molar-refractivity contribution in [3.05, 3.63) is 59.6 Å². The maximum absolute atomic E-state index is 9.07. The van der Waals surface area contributed by atoms with Crippen molar-refractivity contribution in [2.75, 3.05) is 7.05 Å². The van der Waals surface area contributed by atoms with E-state index in [9.17, 15) is 0 Å². The Morgan fingerprint density at radius 3 is 2.87 bits per heavy atom. The highest BCUT2D eigenvalue weighted by molar-refractivity contribution is 5.68. The second-order valence-corrected chi connectivity index (χ2v) is 6.15. The third kappa shape index (κ3) is 2.75. The van der Waals surface area contributed by atoms with Gasteiger partial charge < -0.3 is 10.2 Å². The molecule has 1 aliphatic heterocycles. The molecule has 4 nitrogen and oxygen atoms in total. The maximum Gasteiger partial charge on any atom is 0.105 e. The van der Waals surface area contributed by atoms with Gasteiger partial charge in [0.25, 0.3) is 0 Å². The summed E-state index contributed by atoms with van der Waals surface area (Å²) in [6.45, 7) is 4.36. The van der Waals surface area contributed by atoms with Gasteiger partial charge in [0.15, 0.2) is 0 Å². The average Bonchev–Trinajstić information content (AvgIpc) is 2.92. The molecule has 1 aliphatic carbocycles. The van der Waals surface area contributed by atoms with Crippen LogP contribution < -0.4 is 5.32 Å². The normalized spacial score (nSPS) is 26.8. The monoisotopic (exact) mass is 306 g/mol. The summed E-state index contributed by atoms with van der Waals surface area (Å²) in [7, 11) is 2.14. The maximum atomic E-state index is 9.07. The summed E-state index contributed by atoms with van der Waals surface area (Å²) in [6, 6.07) is 6.29. The fourth-order valence-electron chi connectivity index (χ4n) is 3.52. The summed E-state index contributed by atoms with van der Waals surface area (Å²) in [5.74, 6) is 0.647. The zero-order chi connectivity index (χ0) is 16.4. The topological polar surface area (TPSA) is 52.0 Å². The van der Waals surface area contributed by atoms with E-state index in [-0.39, 0.29) is 6.17 Å². The van der Waals surface area contributed by atoms with Crippen molar-refractivity contribution >= 4 is 5.70 Å². The number of nitriles is 1. The van der Waals surface area contributed by atoms with Crippen molar-refractivity contribution in [3.63, 3.8) is 0 Å². The standard InChI is InChI=1S/C19H22N4/c1-4-17-18(15-6-5-9-21-12-15)22-19(23(17)3)16-8-7-14(11-20)10-13(16)2/h5-10,12-13,16,19,22H,4H2,1-3H3. The minimum atomic E-state index is 0.197. The minimum Gasteiger partial charge on any atom is -0.363 e. The van der Waals surface area contributed by atoms with E-state index in [1.165, 1.54) is 11.4 Å². The molecule has 118 valence electrons. The fourth-order valence-corrected chi connectivity index (χ4v) is 3.52. The summed E-state index contributed by atoms with van der Waals surface area (Å²) >= 11 is 0. The van der Waals surface area contributed by atoms with E-state index in [0.29, 0.717) is 11.8 Å². The Bertz CT molecular complexity index is 709. The first-order valence-corrected chi connectivity index (χ1v) is 8.08. The largest absolute Gasteiger partial charge is 0.363 e. The van der Waals surface area contributed by atoms with Gasteiger partial charge in [-0.15, -0.1) is 0 Å². The predicted octanol–water partition coefficient (Wildman–Crippen LogP) is 3.29. The van der Waals surface area contributed by atoms with Crippen molar-refractivity contribution < 1.29 is 0 Å². The van der Waals surface area contributed by atoms with Gasteiger partial charge in [0, 0.05) is 42.2 Å². The average molecular weight is 306 g/mol. The number of allylic oxidation sites excluding steroid dienone is 4. The van der Waals surface area contributed by atoms with E-state index in [1.807, 2.05) is 18.3 Å². The second-order valence-electron chi connectivity index (χ2n) is 6.15. The van der Waals surface area contributed by atoms with Gasteiger partial charge in [0.2, 0.25) is 0 Å². The lowest BCUT2D eigenvalue weighted by Gasteiger charge is -2.34. The highest BCUT2D eigenvalue weighted by atomic mass is 15.3. The Labute approximate surface area is 137 Å². The Balaban J connectivity index is 1.88. The first-order valence-electron chi connectivity index (χ1n) is 8.08. The number of aromatic nitrogens is 1. The van der Waals surface area contributed by atoms with Crippen molar-refractivity contribution in [2.24, 2.45) is 11.8 Å². The van der Waals surface area contributed by atoms with Crippen LogP contribution in [0.4, 0.5) is 0 Å². The van der Waals surface area contributed by atoms with Crippen LogP contribution >= 0.6 is 0 Å². The highest BCUT2D eigenvalue weighted by Gasteiger charge is 2.35. The Morgan fingerprint density at radius 2 is 2.26 bits per heavy atom. The first kappa shape index (κ1) is 15.4. The van der Waals surface area contributed by atoms with Gasteiger partial charge in [-0.25, -0.2) is 0 Å². The summed E-state index contributed by atoms with van der Waals surface area (Å²) in [5, 5.41) is 12.8. The summed E-state index contributed by atoms with van der Waals surface area (Å²) in [6.07, 6.45) is 11.0. The zero-order valence-electron chi connectivity index (χ0n) is 13.8. The van der Waals surface area contributed by atoms with Gasteiger partial charge in [0.05, 0.1) is 11.8 Å². The van der Waals surface area contributed by atoms with E-state index in [0.717, 1.165) is 17.6 Å². The third-order valence-electron chi connectivity index (χ3n) is 4.75. The van der Waals surface area contributed by atoms with Crippen molar-refractivity contribution in [1.29, 1.82) is 5.26 Å². The Hall–Kier alpha value is -2.54. The van der Waals surface area contributed by atoms with Gasteiger partial charge in [0.1, 0.15) is 6.17 Å². The Kier molecular flexibility index (Phi) is 4.20. The van der Waals surface area contributed by atoms with E-state index in [1.54, 1.807) is 6.20 Å². The molecule has 3 rings (SSSR count). The van der Waals surface area contributed by atoms with Crippen LogP contribution in [0.15, 0.2) is 54.0 Å². The lowest BCUT2D eigenvalue weighted by molar-refractivity contribution is 0.218. The van der Waals surface area contributed by atoms with Crippen LogP contribution in [0.25, 0.3) is 5.70 Å². The van der Waals surface area contributed by atoms with Crippen LogP contribution in [0.3, 0.4) is 0 Å². The molecule has 0 amide bonds. The lowest BCUT2D eigenvalue weighted by Crippen LogP contribution is -2.43. The molecule has 0 saturated heterocycles. The summed E-state index contributed by atoms with van der Waals surface area (Å²) in [5.41, 5.74) is 4.35. The molecule has 0 fully saturated rings. The number of nitrogens with zero attached hydrogens (tertiary/aromatic N) is 3. The van der Waals surface area contributed by atoms with Crippen LogP contribution in [0.5, 0.6) is 0 Å². The summed E-state index contributed by atoms with van der Waals surface area (Å²) < 4.78 is 0. The van der Waals surface area contributed by atoms with Crippen LogP contribution in [-0.4, -0.2) is 23.1 Å². The van der Waals surface area contributed by atoms with E-state index in [4.69, 9.17) is 5.26 Å². The molecule has 0 saturated carbocycles. The molecule has 0 aromatic carbocycles. The SMILES string of the molecule is CCC1=C(c2cccnc2)NC(C2C=CC(C#N)=CC2C)N1C. The lowest BCUT2D eigenvalue weighted by atomic mass is 9.85. The predicted molar refractivity (Wildman–Crippen MR) is 91.6 cm³/mol.